The number of anilines is 1. The summed E-state index contributed by atoms with van der Waals surface area (Å²) in [5.74, 6) is -0.208. The molecule has 2 heterocycles. The van der Waals surface area contributed by atoms with Gasteiger partial charge in [0.15, 0.2) is 5.16 Å². The summed E-state index contributed by atoms with van der Waals surface area (Å²) >= 11 is 1.47. The van der Waals surface area contributed by atoms with Crippen LogP contribution in [0.15, 0.2) is 23.4 Å². The first kappa shape index (κ1) is 16.8. The highest BCUT2D eigenvalue weighted by Crippen LogP contribution is 2.44. The molecule has 0 spiro atoms. The predicted octanol–water partition coefficient (Wildman–Crippen LogP) is 3.58. The molecule has 1 aromatic heterocycles. The summed E-state index contributed by atoms with van der Waals surface area (Å²) in [7, 11) is 0. The molecule has 1 aromatic carbocycles. The summed E-state index contributed by atoms with van der Waals surface area (Å²) in [5, 5.41) is 9.37. The second kappa shape index (κ2) is 6.92. The molecule has 2 aromatic rings. The molecular weight excluding hydrogens is 346 g/mol. The van der Waals surface area contributed by atoms with Crippen LogP contribution in [0.4, 0.5) is 14.7 Å². The minimum atomic E-state index is -0.561. The van der Waals surface area contributed by atoms with Gasteiger partial charge >= 0.3 is 0 Å². The molecule has 1 aliphatic carbocycles. The van der Waals surface area contributed by atoms with Crippen molar-refractivity contribution >= 4 is 17.7 Å². The van der Waals surface area contributed by atoms with Crippen molar-refractivity contribution in [1.82, 2.24) is 14.8 Å². The van der Waals surface area contributed by atoms with Crippen LogP contribution in [0, 0.1) is 11.6 Å². The Morgan fingerprint density at radius 1 is 1.20 bits per heavy atom. The Morgan fingerprint density at radius 3 is 2.64 bits per heavy atom. The average Bonchev–Trinajstić information content (AvgIpc) is 3.36. The lowest BCUT2D eigenvalue weighted by Gasteiger charge is -2.28. The Balaban J connectivity index is 1.58. The van der Waals surface area contributed by atoms with Crippen LogP contribution >= 0.6 is 11.8 Å². The minimum absolute atomic E-state index is 0.181. The third kappa shape index (κ3) is 3.50. The highest BCUT2D eigenvalue weighted by molar-refractivity contribution is 7.99. The fraction of sp³-hybridized carbons (Fsp3) is 0.529. The lowest BCUT2D eigenvalue weighted by molar-refractivity contribution is 0.121. The number of halogens is 2. The maximum atomic E-state index is 14.1. The molecule has 2 aliphatic rings. The van der Waals surface area contributed by atoms with Gasteiger partial charge in [0.25, 0.3) is 0 Å². The van der Waals surface area contributed by atoms with Gasteiger partial charge in [-0.15, -0.1) is 10.2 Å². The molecule has 2 fully saturated rings. The van der Waals surface area contributed by atoms with Gasteiger partial charge in [-0.3, -0.25) is 4.57 Å². The van der Waals surface area contributed by atoms with Crippen LogP contribution in [0.5, 0.6) is 0 Å². The SMILES string of the molecule is C[C@@H](Sc1nnc(N2CCOCC2)n1C1CC1)c1ccc(F)cc1F. The largest absolute Gasteiger partial charge is 0.378 e. The Bertz CT molecular complexity index is 759. The maximum absolute atomic E-state index is 14.1. The van der Waals surface area contributed by atoms with Crippen LogP contribution in [0.25, 0.3) is 0 Å². The van der Waals surface area contributed by atoms with Crippen molar-refractivity contribution in [3.05, 3.63) is 35.4 Å². The molecule has 25 heavy (non-hydrogen) atoms. The van der Waals surface area contributed by atoms with Crippen LogP contribution in [-0.2, 0) is 4.74 Å². The maximum Gasteiger partial charge on any atom is 0.228 e. The number of thioether (sulfide) groups is 1. The highest BCUT2D eigenvalue weighted by atomic mass is 32.2. The third-order valence-electron chi connectivity index (χ3n) is 4.54. The van der Waals surface area contributed by atoms with Gasteiger partial charge in [-0.1, -0.05) is 17.8 Å². The average molecular weight is 366 g/mol. The van der Waals surface area contributed by atoms with Gasteiger partial charge in [0.05, 0.1) is 13.2 Å². The van der Waals surface area contributed by atoms with E-state index < -0.39 is 11.6 Å². The normalized spacial score (nSPS) is 19.2. The molecule has 5 nitrogen and oxygen atoms in total. The molecular formula is C17H20F2N4OS. The Labute approximate surface area is 149 Å². The summed E-state index contributed by atoms with van der Waals surface area (Å²) in [6.07, 6.45) is 2.23. The lowest BCUT2D eigenvalue weighted by atomic mass is 10.1. The van der Waals surface area contributed by atoms with Crippen molar-refractivity contribution in [2.24, 2.45) is 0 Å². The second-order valence-electron chi connectivity index (χ2n) is 6.41. The Hall–Kier alpha value is -1.67. The summed E-state index contributed by atoms with van der Waals surface area (Å²) in [4.78, 5) is 2.20. The van der Waals surface area contributed by atoms with Crippen molar-refractivity contribution in [3.63, 3.8) is 0 Å². The van der Waals surface area contributed by atoms with Gasteiger partial charge < -0.3 is 9.64 Å². The lowest BCUT2D eigenvalue weighted by Crippen LogP contribution is -2.38. The standard InChI is InChI=1S/C17H20F2N4OS/c1-11(14-5-2-12(18)10-15(14)19)25-17-21-20-16(23(17)13-3-4-13)22-6-8-24-9-7-22/h2,5,10-11,13H,3-4,6-9H2,1H3/t11-/m1/s1. The Kier molecular flexibility index (Phi) is 4.64. The number of rotatable bonds is 5. The second-order valence-corrected chi connectivity index (χ2v) is 7.72. The van der Waals surface area contributed by atoms with Crippen molar-refractivity contribution in [1.29, 1.82) is 0 Å². The van der Waals surface area contributed by atoms with Gasteiger partial charge in [-0.25, -0.2) is 8.78 Å². The number of aromatic nitrogens is 3. The summed E-state index contributed by atoms with van der Waals surface area (Å²) < 4.78 is 34.8. The van der Waals surface area contributed by atoms with E-state index in [0.29, 0.717) is 24.8 Å². The number of hydrogen-bond donors (Lipinski definition) is 0. The van der Waals surface area contributed by atoms with Crippen molar-refractivity contribution < 1.29 is 13.5 Å². The number of morpholine rings is 1. The van der Waals surface area contributed by atoms with E-state index >= 15 is 0 Å². The molecule has 1 saturated carbocycles. The quantitative estimate of drug-likeness (QED) is 0.757. The van der Waals surface area contributed by atoms with Crippen LogP contribution in [0.3, 0.4) is 0 Å². The van der Waals surface area contributed by atoms with Crippen LogP contribution in [0.2, 0.25) is 0 Å². The van der Waals surface area contributed by atoms with Gasteiger partial charge in [-0.05, 0) is 25.8 Å². The van der Waals surface area contributed by atoms with E-state index in [2.05, 4.69) is 19.7 Å². The topological polar surface area (TPSA) is 43.2 Å². The van der Waals surface area contributed by atoms with Crippen LogP contribution in [0.1, 0.15) is 36.6 Å². The predicted molar refractivity (Wildman–Crippen MR) is 92.0 cm³/mol. The van der Waals surface area contributed by atoms with Gasteiger partial charge in [0.1, 0.15) is 11.6 Å². The molecule has 0 radical (unpaired) electrons. The van der Waals surface area contributed by atoms with Gasteiger partial charge in [0, 0.05) is 36.0 Å². The Morgan fingerprint density at radius 2 is 1.96 bits per heavy atom. The van der Waals surface area contributed by atoms with Gasteiger partial charge in [0.2, 0.25) is 5.95 Å². The first-order chi connectivity index (χ1) is 12.1. The van der Waals surface area contributed by atoms with E-state index in [1.165, 1.54) is 23.9 Å². The fourth-order valence-electron chi connectivity index (χ4n) is 3.03. The van der Waals surface area contributed by atoms with Crippen LogP contribution in [-0.4, -0.2) is 41.1 Å². The van der Waals surface area contributed by atoms with E-state index in [4.69, 9.17) is 4.74 Å². The summed E-state index contributed by atoms with van der Waals surface area (Å²) in [6, 6.07) is 4.14. The smallest absolute Gasteiger partial charge is 0.228 e. The molecule has 134 valence electrons. The highest BCUT2D eigenvalue weighted by Gasteiger charge is 2.33. The first-order valence-electron chi connectivity index (χ1n) is 8.52. The molecule has 1 atom stereocenters. The molecule has 0 amide bonds. The van der Waals surface area contributed by atoms with Crippen LogP contribution < -0.4 is 4.90 Å². The zero-order chi connectivity index (χ0) is 17.4. The molecule has 0 unspecified atom stereocenters. The molecule has 4 rings (SSSR count). The molecule has 0 bridgehead atoms. The number of nitrogens with zero attached hydrogens (tertiary/aromatic N) is 4. The monoisotopic (exact) mass is 366 g/mol. The zero-order valence-electron chi connectivity index (χ0n) is 14.0. The van der Waals surface area contributed by atoms with Crippen molar-refractivity contribution in [2.45, 2.75) is 36.2 Å². The van der Waals surface area contributed by atoms with E-state index in [1.807, 2.05) is 6.92 Å². The van der Waals surface area contributed by atoms with Crippen molar-refractivity contribution in [2.75, 3.05) is 31.2 Å². The van der Waals surface area contributed by atoms with E-state index in [-0.39, 0.29) is 5.25 Å². The summed E-state index contributed by atoms with van der Waals surface area (Å²) in [5.41, 5.74) is 0.477. The molecule has 8 heteroatoms. The van der Waals surface area contributed by atoms with E-state index in [9.17, 15) is 8.78 Å². The van der Waals surface area contributed by atoms with E-state index in [1.54, 1.807) is 0 Å². The van der Waals surface area contributed by atoms with E-state index in [0.717, 1.165) is 43.1 Å². The van der Waals surface area contributed by atoms with Gasteiger partial charge in [-0.2, -0.15) is 0 Å². The third-order valence-corrected chi connectivity index (χ3v) is 5.63. The van der Waals surface area contributed by atoms with Crippen molar-refractivity contribution in [3.8, 4) is 0 Å². The zero-order valence-corrected chi connectivity index (χ0v) is 14.8. The molecule has 1 aliphatic heterocycles. The number of hydrogen-bond acceptors (Lipinski definition) is 5. The summed E-state index contributed by atoms with van der Waals surface area (Å²) in [6.45, 7) is 4.89. The molecule has 1 saturated heterocycles. The fourth-order valence-corrected chi connectivity index (χ4v) is 4.10. The first-order valence-corrected chi connectivity index (χ1v) is 9.40. The number of ether oxygens (including phenoxy) is 1. The number of benzene rings is 1. The molecule has 0 N–H and O–H groups in total. The minimum Gasteiger partial charge on any atom is -0.378 e.